The van der Waals surface area contributed by atoms with Gasteiger partial charge < -0.3 is 5.73 Å². The number of H-pyrrole nitrogens is 1. The lowest BCUT2D eigenvalue weighted by molar-refractivity contribution is 0.766. The van der Waals surface area contributed by atoms with Gasteiger partial charge in [0, 0.05) is 23.9 Å². The van der Waals surface area contributed by atoms with E-state index >= 15 is 0 Å². The van der Waals surface area contributed by atoms with Crippen LogP contribution in [-0.2, 0) is 12.8 Å². The van der Waals surface area contributed by atoms with E-state index in [1.807, 2.05) is 0 Å². The van der Waals surface area contributed by atoms with Gasteiger partial charge in [-0.25, -0.2) is 14.9 Å². The number of nitrogens with zero attached hydrogens (tertiary/aromatic N) is 3. The van der Waals surface area contributed by atoms with Crippen LogP contribution in [0.5, 0.6) is 0 Å². The molecule has 0 atom stereocenters. The van der Waals surface area contributed by atoms with Gasteiger partial charge in [-0.15, -0.1) is 16.4 Å². The molecule has 0 amide bonds. The first-order valence-corrected chi connectivity index (χ1v) is 5.91. The largest absolute Gasteiger partial charge is 0.375 e. The third kappa shape index (κ3) is 2.21. The SMILES string of the molecule is Cn1c(SCc2cnc(N)s2)n[nH]c1=O. The van der Waals surface area contributed by atoms with Crippen LogP contribution in [0.4, 0.5) is 5.13 Å². The smallest absolute Gasteiger partial charge is 0.343 e. The third-order valence-corrected chi connectivity index (χ3v) is 3.84. The first kappa shape index (κ1) is 10.2. The van der Waals surface area contributed by atoms with Crippen LogP contribution in [0.25, 0.3) is 0 Å². The Kier molecular flexibility index (Phi) is 2.78. The van der Waals surface area contributed by atoms with E-state index in [0.29, 0.717) is 16.0 Å². The number of aromatic amines is 1. The van der Waals surface area contributed by atoms with Crippen molar-refractivity contribution in [2.45, 2.75) is 10.9 Å². The molecular weight excluding hydrogens is 234 g/mol. The Labute approximate surface area is 93.5 Å². The molecule has 0 radical (unpaired) electrons. The summed E-state index contributed by atoms with van der Waals surface area (Å²) < 4.78 is 1.47. The van der Waals surface area contributed by atoms with Gasteiger partial charge in [0.2, 0.25) is 0 Å². The van der Waals surface area contributed by atoms with Crippen LogP contribution < -0.4 is 11.4 Å². The molecule has 0 fully saturated rings. The maximum Gasteiger partial charge on any atom is 0.343 e. The molecule has 8 heteroatoms. The van der Waals surface area contributed by atoms with Crippen molar-refractivity contribution in [1.82, 2.24) is 19.7 Å². The highest BCUT2D eigenvalue weighted by Crippen LogP contribution is 2.23. The second-order valence-corrected chi connectivity index (χ2v) is 4.91. The van der Waals surface area contributed by atoms with Gasteiger partial charge >= 0.3 is 5.69 Å². The molecule has 2 aromatic rings. The Bertz CT molecular complexity index is 513. The van der Waals surface area contributed by atoms with Crippen molar-refractivity contribution in [3.8, 4) is 0 Å². The number of hydrogen-bond acceptors (Lipinski definition) is 6. The van der Waals surface area contributed by atoms with Crippen molar-refractivity contribution in [1.29, 1.82) is 0 Å². The molecular formula is C7H9N5OS2. The van der Waals surface area contributed by atoms with Crippen LogP contribution in [0.15, 0.2) is 16.1 Å². The van der Waals surface area contributed by atoms with E-state index in [2.05, 4.69) is 15.2 Å². The molecule has 6 nitrogen and oxygen atoms in total. The summed E-state index contributed by atoms with van der Waals surface area (Å²) in [7, 11) is 1.68. The fraction of sp³-hybridized carbons (Fsp3) is 0.286. The van der Waals surface area contributed by atoms with Gasteiger partial charge in [-0.2, -0.15) is 0 Å². The van der Waals surface area contributed by atoms with Crippen molar-refractivity contribution >= 4 is 28.2 Å². The molecule has 0 aromatic carbocycles. The number of thiazole rings is 1. The van der Waals surface area contributed by atoms with Gasteiger partial charge in [0.05, 0.1) is 0 Å². The molecule has 0 bridgehead atoms. The average Bonchev–Trinajstić information content (AvgIpc) is 2.74. The van der Waals surface area contributed by atoms with E-state index < -0.39 is 0 Å². The minimum atomic E-state index is -0.207. The van der Waals surface area contributed by atoms with Crippen LogP contribution in [-0.4, -0.2) is 19.7 Å². The van der Waals surface area contributed by atoms with E-state index in [1.54, 1.807) is 13.2 Å². The summed E-state index contributed by atoms with van der Waals surface area (Å²) in [6, 6.07) is 0. The molecule has 80 valence electrons. The maximum absolute atomic E-state index is 11.1. The summed E-state index contributed by atoms with van der Waals surface area (Å²) in [5.41, 5.74) is 5.30. The number of aromatic nitrogens is 4. The molecule has 3 N–H and O–H groups in total. The molecule has 0 aliphatic rings. The third-order valence-electron chi connectivity index (χ3n) is 1.75. The van der Waals surface area contributed by atoms with Gasteiger partial charge in [-0.05, 0) is 0 Å². The van der Waals surface area contributed by atoms with Gasteiger partial charge in [-0.3, -0.25) is 4.57 Å². The van der Waals surface area contributed by atoms with Crippen molar-refractivity contribution in [2.75, 3.05) is 5.73 Å². The van der Waals surface area contributed by atoms with Crippen LogP contribution >= 0.6 is 23.1 Å². The molecule has 0 aliphatic carbocycles. The molecule has 0 saturated carbocycles. The summed E-state index contributed by atoms with van der Waals surface area (Å²) >= 11 is 2.91. The second-order valence-electron chi connectivity index (χ2n) is 2.82. The van der Waals surface area contributed by atoms with Crippen LogP contribution in [0.3, 0.4) is 0 Å². The highest BCUT2D eigenvalue weighted by molar-refractivity contribution is 7.98. The first-order valence-electron chi connectivity index (χ1n) is 4.11. The van der Waals surface area contributed by atoms with Gasteiger partial charge in [0.1, 0.15) is 0 Å². The van der Waals surface area contributed by atoms with E-state index in [0.717, 1.165) is 4.88 Å². The van der Waals surface area contributed by atoms with E-state index in [1.165, 1.54) is 27.7 Å². The Hall–Kier alpha value is -1.28. The van der Waals surface area contributed by atoms with Crippen molar-refractivity contribution < 1.29 is 0 Å². The lowest BCUT2D eigenvalue weighted by Crippen LogP contribution is -2.12. The summed E-state index contributed by atoms with van der Waals surface area (Å²) in [5, 5.41) is 7.47. The van der Waals surface area contributed by atoms with Crippen molar-refractivity contribution in [2.24, 2.45) is 7.05 Å². The highest BCUT2D eigenvalue weighted by atomic mass is 32.2. The van der Waals surface area contributed by atoms with E-state index in [-0.39, 0.29) is 5.69 Å². The molecule has 2 rings (SSSR count). The molecule has 0 aliphatic heterocycles. The minimum absolute atomic E-state index is 0.207. The number of rotatable bonds is 3. The predicted octanol–water partition coefficient (Wildman–Crippen LogP) is 0.439. The van der Waals surface area contributed by atoms with Gasteiger partial charge in [0.15, 0.2) is 10.3 Å². The zero-order chi connectivity index (χ0) is 10.8. The summed E-state index contributed by atoms with van der Waals surface area (Å²) in [6.07, 6.45) is 1.73. The number of nitrogen functional groups attached to an aromatic ring is 1. The Morgan fingerprint density at radius 3 is 3.07 bits per heavy atom. The number of anilines is 1. The number of nitrogens with two attached hydrogens (primary N) is 1. The topological polar surface area (TPSA) is 89.6 Å². The zero-order valence-corrected chi connectivity index (χ0v) is 9.56. The molecule has 0 saturated heterocycles. The van der Waals surface area contributed by atoms with Crippen LogP contribution in [0.2, 0.25) is 0 Å². The lowest BCUT2D eigenvalue weighted by Gasteiger charge is -1.96. The molecule has 2 aromatic heterocycles. The van der Waals surface area contributed by atoms with Gasteiger partial charge in [-0.1, -0.05) is 11.8 Å². The average molecular weight is 243 g/mol. The first-order chi connectivity index (χ1) is 7.16. The summed E-state index contributed by atoms with van der Waals surface area (Å²) in [6.45, 7) is 0. The number of nitrogens with one attached hydrogen (secondary N) is 1. The molecule has 0 spiro atoms. The fourth-order valence-electron chi connectivity index (χ4n) is 0.987. The standard InChI is InChI=1S/C7H9N5OS2/c1-12-6(13)10-11-7(12)14-3-4-2-9-5(8)15-4/h2H,3H2,1H3,(H2,8,9)(H,10,13). The van der Waals surface area contributed by atoms with Crippen molar-refractivity contribution in [3.63, 3.8) is 0 Å². The van der Waals surface area contributed by atoms with Crippen molar-refractivity contribution in [3.05, 3.63) is 21.6 Å². The van der Waals surface area contributed by atoms with Crippen LogP contribution in [0, 0.1) is 0 Å². The predicted molar refractivity (Wildman–Crippen MR) is 59.9 cm³/mol. The number of hydrogen-bond donors (Lipinski definition) is 2. The fourth-order valence-corrected chi connectivity index (χ4v) is 2.61. The Morgan fingerprint density at radius 2 is 2.53 bits per heavy atom. The molecule has 0 unspecified atom stereocenters. The molecule has 15 heavy (non-hydrogen) atoms. The van der Waals surface area contributed by atoms with Crippen LogP contribution in [0.1, 0.15) is 4.88 Å². The summed E-state index contributed by atoms with van der Waals surface area (Å²) in [5.74, 6) is 0.715. The molecule has 2 heterocycles. The van der Waals surface area contributed by atoms with E-state index in [9.17, 15) is 4.79 Å². The summed E-state index contributed by atoms with van der Waals surface area (Å²) in [4.78, 5) is 16.1. The maximum atomic E-state index is 11.1. The highest BCUT2D eigenvalue weighted by Gasteiger charge is 2.06. The minimum Gasteiger partial charge on any atom is -0.375 e. The normalized spacial score (nSPS) is 10.7. The van der Waals surface area contributed by atoms with Gasteiger partial charge in [0.25, 0.3) is 0 Å². The second kappa shape index (κ2) is 4.07. The Morgan fingerprint density at radius 1 is 1.73 bits per heavy atom. The zero-order valence-electron chi connectivity index (χ0n) is 7.93. The monoisotopic (exact) mass is 243 g/mol. The van der Waals surface area contributed by atoms with E-state index in [4.69, 9.17) is 5.73 Å². The lowest BCUT2D eigenvalue weighted by atomic mass is 10.6. The quantitative estimate of drug-likeness (QED) is 0.763. The number of thioether (sulfide) groups is 1. The Balaban J connectivity index is 2.05.